The SMILES string of the molecule is CC(C)[C@H]1CN(C(=O)c2c[nH]c(=O)c(Cl)c2)C[C@@H](c2ccccc2)O1. The van der Waals surface area contributed by atoms with E-state index in [2.05, 4.69) is 18.8 Å². The molecule has 2 atom stereocenters. The molecule has 0 unspecified atom stereocenters. The van der Waals surface area contributed by atoms with E-state index < -0.39 is 5.56 Å². The minimum Gasteiger partial charge on any atom is -0.366 e. The van der Waals surface area contributed by atoms with Gasteiger partial charge in [-0.1, -0.05) is 55.8 Å². The van der Waals surface area contributed by atoms with Crippen molar-refractivity contribution >= 4 is 17.5 Å². The number of hydrogen-bond acceptors (Lipinski definition) is 3. The first kappa shape index (κ1) is 17.7. The lowest BCUT2D eigenvalue weighted by Gasteiger charge is -2.40. The summed E-state index contributed by atoms with van der Waals surface area (Å²) in [5.41, 5.74) is 1.02. The van der Waals surface area contributed by atoms with Crippen LogP contribution in [0.3, 0.4) is 0 Å². The second-order valence-corrected chi connectivity index (χ2v) is 7.00. The number of nitrogens with zero attached hydrogens (tertiary/aromatic N) is 1. The Labute approximate surface area is 151 Å². The molecule has 1 amide bonds. The summed E-state index contributed by atoms with van der Waals surface area (Å²) < 4.78 is 6.22. The lowest BCUT2D eigenvalue weighted by Crippen LogP contribution is -2.48. The molecule has 132 valence electrons. The van der Waals surface area contributed by atoms with E-state index >= 15 is 0 Å². The Balaban J connectivity index is 1.87. The van der Waals surface area contributed by atoms with Crippen LogP contribution in [0.4, 0.5) is 0 Å². The number of aromatic amines is 1. The van der Waals surface area contributed by atoms with E-state index in [-0.39, 0.29) is 29.1 Å². The van der Waals surface area contributed by atoms with Crippen LogP contribution in [0.25, 0.3) is 0 Å². The van der Waals surface area contributed by atoms with Gasteiger partial charge in [-0.25, -0.2) is 0 Å². The van der Waals surface area contributed by atoms with Crippen LogP contribution in [0.2, 0.25) is 5.02 Å². The molecule has 0 aliphatic carbocycles. The molecule has 1 N–H and O–H groups in total. The first-order valence-electron chi connectivity index (χ1n) is 8.33. The van der Waals surface area contributed by atoms with E-state index in [4.69, 9.17) is 16.3 Å². The normalized spacial score (nSPS) is 20.7. The van der Waals surface area contributed by atoms with Crippen LogP contribution in [0.1, 0.15) is 35.9 Å². The molecule has 1 saturated heterocycles. The molecule has 0 bridgehead atoms. The highest BCUT2D eigenvalue weighted by Gasteiger charge is 2.33. The van der Waals surface area contributed by atoms with Gasteiger partial charge in [-0.15, -0.1) is 0 Å². The number of morpholine rings is 1. The Kier molecular flexibility index (Phi) is 5.25. The highest BCUT2D eigenvalue weighted by Crippen LogP contribution is 2.29. The second-order valence-electron chi connectivity index (χ2n) is 6.59. The van der Waals surface area contributed by atoms with Crippen molar-refractivity contribution in [3.63, 3.8) is 0 Å². The zero-order valence-electron chi connectivity index (χ0n) is 14.2. The molecule has 0 saturated carbocycles. The fourth-order valence-corrected chi connectivity index (χ4v) is 3.11. The Morgan fingerprint density at radius 1 is 1.28 bits per heavy atom. The van der Waals surface area contributed by atoms with Gasteiger partial charge in [0.15, 0.2) is 0 Å². The van der Waals surface area contributed by atoms with Gasteiger partial charge in [-0.05, 0) is 17.5 Å². The van der Waals surface area contributed by atoms with Gasteiger partial charge in [-0.3, -0.25) is 9.59 Å². The molecular weight excluding hydrogens is 340 g/mol. The van der Waals surface area contributed by atoms with Gasteiger partial charge < -0.3 is 14.6 Å². The monoisotopic (exact) mass is 360 g/mol. The molecule has 0 radical (unpaired) electrons. The predicted octanol–water partition coefficient (Wildman–Crippen LogP) is 3.27. The Hall–Kier alpha value is -2.11. The largest absolute Gasteiger partial charge is 0.366 e. The Bertz CT molecular complexity index is 804. The lowest BCUT2D eigenvalue weighted by atomic mass is 10.0. The number of aromatic nitrogens is 1. The Morgan fingerprint density at radius 2 is 2.00 bits per heavy atom. The van der Waals surface area contributed by atoms with Crippen molar-refractivity contribution < 1.29 is 9.53 Å². The second kappa shape index (κ2) is 7.42. The van der Waals surface area contributed by atoms with Crippen molar-refractivity contribution in [2.75, 3.05) is 13.1 Å². The van der Waals surface area contributed by atoms with Crippen molar-refractivity contribution in [2.24, 2.45) is 5.92 Å². The van der Waals surface area contributed by atoms with Gasteiger partial charge in [0, 0.05) is 12.7 Å². The smallest absolute Gasteiger partial charge is 0.266 e. The summed E-state index contributed by atoms with van der Waals surface area (Å²) in [5.74, 6) is 0.119. The molecule has 1 aliphatic rings. The van der Waals surface area contributed by atoms with Crippen LogP contribution in [-0.4, -0.2) is 35.0 Å². The number of nitrogens with one attached hydrogen (secondary N) is 1. The van der Waals surface area contributed by atoms with Gasteiger partial charge in [0.2, 0.25) is 0 Å². The van der Waals surface area contributed by atoms with Crippen molar-refractivity contribution in [1.82, 2.24) is 9.88 Å². The number of halogens is 1. The van der Waals surface area contributed by atoms with Gasteiger partial charge in [0.1, 0.15) is 11.1 Å². The van der Waals surface area contributed by atoms with Crippen LogP contribution in [0.5, 0.6) is 0 Å². The molecule has 6 heteroatoms. The molecule has 2 aromatic rings. The first-order chi connectivity index (χ1) is 12.0. The highest BCUT2D eigenvalue weighted by molar-refractivity contribution is 6.30. The third-order valence-corrected chi connectivity index (χ3v) is 4.71. The summed E-state index contributed by atoms with van der Waals surface area (Å²) in [6, 6.07) is 11.3. The quantitative estimate of drug-likeness (QED) is 0.913. The lowest BCUT2D eigenvalue weighted by molar-refractivity contribution is -0.0954. The summed E-state index contributed by atoms with van der Waals surface area (Å²) in [7, 11) is 0. The molecule has 2 heterocycles. The number of benzene rings is 1. The van der Waals surface area contributed by atoms with E-state index in [1.807, 2.05) is 30.3 Å². The van der Waals surface area contributed by atoms with E-state index in [9.17, 15) is 9.59 Å². The summed E-state index contributed by atoms with van der Waals surface area (Å²) in [5, 5.41) is 0.0131. The summed E-state index contributed by atoms with van der Waals surface area (Å²) in [6.07, 6.45) is 1.18. The summed E-state index contributed by atoms with van der Waals surface area (Å²) >= 11 is 5.86. The van der Waals surface area contributed by atoms with Gasteiger partial charge in [-0.2, -0.15) is 0 Å². The number of carbonyl (C=O) groups excluding carboxylic acids is 1. The average molecular weight is 361 g/mol. The number of hydrogen-bond donors (Lipinski definition) is 1. The van der Waals surface area contributed by atoms with E-state index in [1.165, 1.54) is 12.3 Å². The molecule has 0 spiro atoms. The fourth-order valence-electron chi connectivity index (χ4n) is 2.94. The fraction of sp³-hybridized carbons (Fsp3) is 0.368. The standard InChI is InChI=1S/C19H21ClN2O3/c1-12(2)16-10-22(11-17(25-16)13-6-4-3-5-7-13)19(24)14-8-15(20)18(23)21-9-14/h3-9,12,16-17H,10-11H2,1-2H3,(H,21,23)/t16-,17+/m1/s1. The van der Waals surface area contributed by atoms with E-state index in [0.29, 0.717) is 18.7 Å². The van der Waals surface area contributed by atoms with Crippen LogP contribution in [-0.2, 0) is 4.74 Å². The number of rotatable bonds is 3. The van der Waals surface area contributed by atoms with Crippen molar-refractivity contribution in [3.8, 4) is 0 Å². The van der Waals surface area contributed by atoms with Crippen molar-refractivity contribution in [3.05, 3.63) is 69.1 Å². The summed E-state index contributed by atoms with van der Waals surface area (Å²) in [6.45, 7) is 5.13. The van der Waals surface area contributed by atoms with Crippen molar-refractivity contribution in [2.45, 2.75) is 26.1 Å². The highest BCUT2D eigenvalue weighted by atomic mass is 35.5. The minimum absolute atomic E-state index is 0.0131. The average Bonchev–Trinajstić information content (AvgIpc) is 2.63. The van der Waals surface area contributed by atoms with Crippen LogP contribution >= 0.6 is 11.6 Å². The van der Waals surface area contributed by atoms with Gasteiger partial charge in [0.25, 0.3) is 11.5 Å². The molecular formula is C19H21ClN2O3. The van der Waals surface area contributed by atoms with Gasteiger partial charge >= 0.3 is 0 Å². The third-order valence-electron chi connectivity index (χ3n) is 4.43. The number of pyridine rings is 1. The first-order valence-corrected chi connectivity index (χ1v) is 8.71. The number of carbonyl (C=O) groups is 1. The maximum Gasteiger partial charge on any atom is 0.266 e. The predicted molar refractivity (Wildman–Crippen MR) is 96.9 cm³/mol. The number of H-pyrrole nitrogens is 1. The zero-order valence-corrected chi connectivity index (χ0v) is 15.0. The van der Waals surface area contributed by atoms with E-state index in [1.54, 1.807) is 4.90 Å². The molecule has 1 aromatic heterocycles. The van der Waals surface area contributed by atoms with Gasteiger partial charge in [0.05, 0.1) is 18.2 Å². The maximum atomic E-state index is 12.9. The molecule has 25 heavy (non-hydrogen) atoms. The number of ether oxygens (including phenoxy) is 1. The van der Waals surface area contributed by atoms with E-state index in [0.717, 1.165) is 5.56 Å². The maximum absolute atomic E-state index is 12.9. The third kappa shape index (κ3) is 3.94. The van der Waals surface area contributed by atoms with Crippen LogP contribution in [0, 0.1) is 5.92 Å². The van der Waals surface area contributed by atoms with Crippen LogP contribution < -0.4 is 5.56 Å². The van der Waals surface area contributed by atoms with Crippen LogP contribution in [0.15, 0.2) is 47.4 Å². The zero-order chi connectivity index (χ0) is 18.0. The molecule has 1 aromatic carbocycles. The van der Waals surface area contributed by atoms with Crippen molar-refractivity contribution in [1.29, 1.82) is 0 Å². The Morgan fingerprint density at radius 3 is 2.64 bits per heavy atom. The molecule has 5 nitrogen and oxygen atoms in total. The minimum atomic E-state index is -0.401. The topological polar surface area (TPSA) is 62.4 Å². The molecule has 1 fully saturated rings. The molecule has 1 aliphatic heterocycles. The summed E-state index contributed by atoms with van der Waals surface area (Å²) in [4.78, 5) is 28.6. The molecule has 3 rings (SSSR count). The number of amides is 1.